The van der Waals surface area contributed by atoms with Gasteiger partial charge in [-0.2, -0.15) is 0 Å². The highest BCUT2D eigenvalue weighted by Gasteiger charge is 2.11. The first-order chi connectivity index (χ1) is 13.6. The van der Waals surface area contributed by atoms with E-state index in [0.717, 1.165) is 28.0 Å². The molecule has 6 nitrogen and oxygen atoms in total. The molecule has 4 aromatic rings. The van der Waals surface area contributed by atoms with Gasteiger partial charge in [0.15, 0.2) is 5.65 Å². The highest BCUT2D eigenvalue weighted by Crippen LogP contribution is 2.27. The number of nitrogens with one attached hydrogen (secondary N) is 1. The van der Waals surface area contributed by atoms with Crippen molar-refractivity contribution in [1.82, 2.24) is 19.9 Å². The highest BCUT2D eigenvalue weighted by atomic mass is 19.1. The molecule has 0 amide bonds. The zero-order chi connectivity index (χ0) is 19.5. The van der Waals surface area contributed by atoms with Gasteiger partial charge in [-0.25, -0.2) is 19.3 Å². The third-order valence-corrected chi connectivity index (χ3v) is 4.26. The Morgan fingerprint density at radius 3 is 2.54 bits per heavy atom. The molecule has 0 aliphatic carbocycles. The summed E-state index contributed by atoms with van der Waals surface area (Å²) in [5.74, 6) is 1.72. The van der Waals surface area contributed by atoms with Crippen LogP contribution in [0.25, 0.3) is 22.4 Å². The standard InChI is InChI=1S/C21H18FN5O/c1-13-4-3-11-23-19(13)18-10-9-17-20(24-14(2)25-21(17)27-18)26-15-5-7-16(8-6-15)28-12-22/h3-11H,12H2,1-2H3,(H,24,25,26,27). The van der Waals surface area contributed by atoms with Crippen molar-refractivity contribution in [3.05, 3.63) is 66.1 Å². The van der Waals surface area contributed by atoms with Crippen molar-refractivity contribution in [2.24, 2.45) is 0 Å². The molecule has 7 heteroatoms. The van der Waals surface area contributed by atoms with Gasteiger partial charge >= 0.3 is 0 Å². The SMILES string of the molecule is Cc1nc(Nc2ccc(OCF)cc2)c2ccc(-c3ncccc3C)nc2n1. The number of pyridine rings is 2. The van der Waals surface area contributed by atoms with Crippen LogP contribution in [0, 0.1) is 13.8 Å². The Bertz CT molecular complexity index is 1130. The molecule has 0 aliphatic rings. The zero-order valence-electron chi connectivity index (χ0n) is 15.5. The summed E-state index contributed by atoms with van der Waals surface area (Å²) in [5, 5.41) is 4.07. The molecule has 3 aromatic heterocycles. The lowest BCUT2D eigenvalue weighted by Gasteiger charge is -2.11. The van der Waals surface area contributed by atoms with Crippen molar-refractivity contribution in [2.75, 3.05) is 12.2 Å². The molecule has 0 saturated carbocycles. The Morgan fingerprint density at radius 2 is 1.79 bits per heavy atom. The van der Waals surface area contributed by atoms with E-state index in [2.05, 4.69) is 20.3 Å². The fourth-order valence-corrected chi connectivity index (χ4v) is 2.93. The van der Waals surface area contributed by atoms with E-state index >= 15 is 0 Å². The average Bonchev–Trinajstić information content (AvgIpc) is 2.69. The van der Waals surface area contributed by atoms with Gasteiger partial charge in [-0.15, -0.1) is 0 Å². The van der Waals surface area contributed by atoms with Gasteiger partial charge in [0.1, 0.15) is 17.4 Å². The Hall–Kier alpha value is -3.61. The van der Waals surface area contributed by atoms with Crippen molar-refractivity contribution < 1.29 is 9.13 Å². The Morgan fingerprint density at radius 1 is 0.964 bits per heavy atom. The molecule has 3 heterocycles. The summed E-state index contributed by atoms with van der Waals surface area (Å²) in [7, 11) is 0. The number of fused-ring (bicyclic) bond motifs is 1. The summed E-state index contributed by atoms with van der Waals surface area (Å²) in [6, 6.07) is 14.7. The fourth-order valence-electron chi connectivity index (χ4n) is 2.93. The van der Waals surface area contributed by atoms with Crippen molar-refractivity contribution in [2.45, 2.75) is 13.8 Å². The molecule has 28 heavy (non-hydrogen) atoms. The first-order valence-electron chi connectivity index (χ1n) is 8.77. The number of aryl methyl sites for hydroxylation is 2. The maximum atomic E-state index is 12.3. The summed E-state index contributed by atoms with van der Waals surface area (Å²) < 4.78 is 17.1. The minimum atomic E-state index is -0.855. The van der Waals surface area contributed by atoms with Crippen LogP contribution in [0.4, 0.5) is 15.9 Å². The van der Waals surface area contributed by atoms with Gasteiger partial charge in [-0.1, -0.05) is 6.07 Å². The molecular weight excluding hydrogens is 357 g/mol. The van der Waals surface area contributed by atoms with Gasteiger partial charge in [0.05, 0.1) is 16.8 Å². The van der Waals surface area contributed by atoms with Gasteiger partial charge < -0.3 is 10.1 Å². The molecule has 0 radical (unpaired) electrons. The fraction of sp³-hybridized carbons (Fsp3) is 0.143. The topological polar surface area (TPSA) is 72.8 Å². The Balaban J connectivity index is 1.72. The second kappa shape index (κ2) is 7.56. The molecule has 0 fully saturated rings. The summed E-state index contributed by atoms with van der Waals surface area (Å²) in [6.07, 6.45) is 1.75. The van der Waals surface area contributed by atoms with E-state index in [1.807, 2.05) is 38.1 Å². The van der Waals surface area contributed by atoms with E-state index in [1.54, 1.807) is 30.5 Å². The number of rotatable bonds is 5. The number of nitrogens with zero attached hydrogens (tertiary/aromatic N) is 4. The number of anilines is 2. The maximum Gasteiger partial charge on any atom is 0.228 e. The van der Waals surface area contributed by atoms with E-state index in [0.29, 0.717) is 23.0 Å². The molecule has 1 aromatic carbocycles. The quantitative estimate of drug-likeness (QED) is 0.542. The summed E-state index contributed by atoms with van der Waals surface area (Å²) >= 11 is 0. The summed E-state index contributed by atoms with van der Waals surface area (Å²) in [6.45, 7) is 2.97. The van der Waals surface area contributed by atoms with E-state index < -0.39 is 6.86 Å². The van der Waals surface area contributed by atoms with Crippen LogP contribution in [-0.4, -0.2) is 26.8 Å². The van der Waals surface area contributed by atoms with E-state index in [1.165, 1.54) is 0 Å². The van der Waals surface area contributed by atoms with Crippen molar-refractivity contribution in [3.63, 3.8) is 0 Å². The number of hydrogen-bond donors (Lipinski definition) is 1. The zero-order valence-corrected chi connectivity index (χ0v) is 15.5. The molecule has 0 atom stereocenters. The first kappa shape index (κ1) is 17.8. The van der Waals surface area contributed by atoms with Crippen molar-refractivity contribution in [1.29, 1.82) is 0 Å². The van der Waals surface area contributed by atoms with Crippen LogP contribution in [0.5, 0.6) is 5.75 Å². The van der Waals surface area contributed by atoms with Crippen LogP contribution in [0.1, 0.15) is 11.4 Å². The minimum absolute atomic E-state index is 0.466. The minimum Gasteiger partial charge on any atom is -0.463 e. The second-order valence-corrected chi connectivity index (χ2v) is 6.26. The molecule has 0 spiro atoms. The summed E-state index contributed by atoms with van der Waals surface area (Å²) in [5.41, 5.74) is 4.04. The average molecular weight is 375 g/mol. The number of benzene rings is 1. The molecule has 140 valence electrons. The largest absolute Gasteiger partial charge is 0.463 e. The monoisotopic (exact) mass is 375 g/mol. The lowest BCUT2D eigenvalue weighted by Crippen LogP contribution is -2.01. The molecule has 0 unspecified atom stereocenters. The molecule has 0 aliphatic heterocycles. The predicted molar refractivity (Wildman–Crippen MR) is 106 cm³/mol. The van der Waals surface area contributed by atoms with Gasteiger partial charge in [0.25, 0.3) is 0 Å². The summed E-state index contributed by atoms with van der Waals surface area (Å²) in [4.78, 5) is 18.1. The number of alkyl halides is 1. The highest BCUT2D eigenvalue weighted by molar-refractivity contribution is 5.90. The third kappa shape index (κ3) is 3.59. The van der Waals surface area contributed by atoms with Crippen LogP contribution < -0.4 is 10.1 Å². The van der Waals surface area contributed by atoms with Crippen molar-refractivity contribution in [3.8, 4) is 17.1 Å². The van der Waals surface area contributed by atoms with E-state index in [4.69, 9.17) is 9.72 Å². The number of halogens is 1. The number of ether oxygens (including phenoxy) is 1. The first-order valence-corrected chi connectivity index (χ1v) is 8.77. The molecular formula is C21H18FN5O. The van der Waals surface area contributed by atoms with E-state index in [-0.39, 0.29) is 0 Å². The van der Waals surface area contributed by atoms with Crippen LogP contribution in [0.3, 0.4) is 0 Å². The number of aromatic nitrogens is 4. The molecule has 0 bridgehead atoms. The second-order valence-electron chi connectivity index (χ2n) is 6.26. The third-order valence-electron chi connectivity index (χ3n) is 4.26. The molecule has 4 rings (SSSR count). The smallest absolute Gasteiger partial charge is 0.228 e. The maximum absolute atomic E-state index is 12.3. The Labute approximate surface area is 161 Å². The van der Waals surface area contributed by atoms with Gasteiger partial charge in [0, 0.05) is 11.9 Å². The number of hydrogen-bond acceptors (Lipinski definition) is 6. The molecule has 1 N–H and O–H groups in total. The Kier molecular flexibility index (Phi) is 4.80. The van der Waals surface area contributed by atoms with Crippen LogP contribution in [0.15, 0.2) is 54.7 Å². The van der Waals surface area contributed by atoms with Crippen LogP contribution in [0.2, 0.25) is 0 Å². The molecule has 0 saturated heterocycles. The van der Waals surface area contributed by atoms with Gasteiger partial charge in [0.2, 0.25) is 6.86 Å². The van der Waals surface area contributed by atoms with Crippen LogP contribution in [-0.2, 0) is 0 Å². The van der Waals surface area contributed by atoms with Crippen LogP contribution >= 0.6 is 0 Å². The normalized spacial score (nSPS) is 10.8. The lowest BCUT2D eigenvalue weighted by atomic mass is 10.1. The van der Waals surface area contributed by atoms with Gasteiger partial charge in [-0.3, -0.25) is 4.98 Å². The van der Waals surface area contributed by atoms with Crippen molar-refractivity contribution >= 4 is 22.5 Å². The van der Waals surface area contributed by atoms with E-state index in [9.17, 15) is 4.39 Å². The lowest BCUT2D eigenvalue weighted by molar-refractivity contribution is 0.192. The predicted octanol–water partition coefficient (Wildman–Crippen LogP) is 4.75. The van der Waals surface area contributed by atoms with Gasteiger partial charge in [-0.05, 0) is 61.9 Å².